The molecule has 1 aromatic carbocycles. The summed E-state index contributed by atoms with van der Waals surface area (Å²) in [5.74, 6) is 1.68. The molecule has 0 radical (unpaired) electrons. The van der Waals surface area contributed by atoms with E-state index in [0.717, 1.165) is 14.8 Å². The largest absolute Gasteiger partial charge is 0.495 e. The van der Waals surface area contributed by atoms with Crippen molar-refractivity contribution in [3.8, 4) is 17.1 Å². The van der Waals surface area contributed by atoms with E-state index in [9.17, 15) is 0 Å². The Labute approximate surface area is 143 Å². The van der Waals surface area contributed by atoms with Gasteiger partial charge in [0.2, 0.25) is 0 Å². The summed E-state index contributed by atoms with van der Waals surface area (Å²) in [6.07, 6.45) is 0. The van der Waals surface area contributed by atoms with E-state index in [1.165, 1.54) is 0 Å². The van der Waals surface area contributed by atoms with Crippen LogP contribution < -0.4 is 10.5 Å². The molecule has 0 amide bonds. The van der Waals surface area contributed by atoms with Gasteiger partial charge in [-0.1, -0.05) is 32.4 Å². The number of hydrogen-bond donors (Lipinski definition) is 1. The highest BCUT2D eigenvalue weighted by Crippen LogP contribution is 2.33. The molecule has 1 heterocycles. The Balaban J connectivity index is 2.60. The van der Waals surface area contributed by atoms with Crippen molar-refractivity contribution in [2.45, 2.75) is 26.2 Å². The fourth-order valence-electron chi connectivity index (χ4n) is 1.90. The van der Waals surface area contributed by atoms with Crippen LogP contribution in [0.15, 0.2) is 18.2 Å². The maximum Gasteiger partial charge on any atom is 0.161 e. The van der Waals surface area contributed by atoms with E-state index in [4.69, 9.17) is 22.1 Å². The Morgan fingerprint density at radius 1 is 1.24 bits per heavy atom. The monoisotopic (exact) mass is 417 g/mol. The van der Waals surface area contributed by atoms with Crippen LogP contribution in [-0.2, 0) is 5.41 Å². The molecule has 2 N–H and O–H groups in total. The average molecular weight is 418 g/mol. The van der Waals surface area contributed by atoms with Crippen molar-refractivity contribution < 1.29 is 4.74 Å². The number of halogens is 2. The van der Waals surface area contributed by atoms with Gasteiger partial charge >= 0.3 is 0 Å². The predicted molar refractivity (Wildman–Crippen MR) is 94.9 cm³/mol. The van der Waals surface area contributed by atoms with E-state index in [1.807, 2.05) is 6.07 Å². The van der Waals surface area contributed by atoms with Crippen molar-refractivity contribution in [3.05, 3.63) is 32.5 Å². The molecule has 6 heteroatoms. The first-order chi connectivity index (χ1) is 9.74. The number of hydrogen-bond acceptors (Lipinski definition) is 4. The first-order valence-electron chi connectivity index (χ1n) is 6.41. The van der Waals surface area contributed by atoms with E-state index >= 15 is 0 Å². The van der Waals surface area contributed by atoms with E-state index in [-0.39, 0.29) is 5.41 Å². The number of anilines is 1. The molecule has 1 aromatic heterocycles. The predicted octanol–water partition coefficient (Wildman–Crippen LogP) is 4.29. The third-order valence-corrected chi connectivity index (χ3v) is 4.36. The van der Waals surface area contributed by atoms with Gasteiger partial charge < -0.3 is 10.5 Å². The van der Waals surface area contributed by atoms with E-state index in [0.29, 0.717) is 22.4 Å². The molecule has 0 aliphatic heterocycles. The van der Waals surface area contributed by atoms with Crippen LogP contribution in [0.4, 0.5) is 5.82 Å². The Morgan fingerprint density at radius 3 is 2.43 bits per heavy atom. The minimum absolute atomic E-state index is 0.113. The summed E-state index contributed by atoms with van der Waals surface area (Å²) in [5, 5.41) is 0.521. The van der Waals surface area contributed by atoms with Crippen molar-refractivity contribution >= 4 is 40.0 Å². The van der Waals surface area contributed by atoms with Crippen LogP contribution in [0, 0.1) is 3.57 Å². The second-order valence-electron chi connectivity index (χ2n) is 5.69. The summed E-state index contributed by atoms with van der Waals surface area (Å²) in [4.78, 5) is 9.05. The van der Waals surface area contributed by atoms with Crippen molar-refractivity contribution in [2.24, 2.45) is 0 Å². The van der Waals surface area contributed by atoms with Gasteiger partial charge in [0, 0.05) is 11.0 Å². The highest BCUT2D eigenvalue weighted by atomic mass is 127. The number of nitrogens with zero attached hydrogens (tertiary/aromatic N) is 2. The zero-order valence-corrected chi connectivity index (χ0v) is 15.3. The summed E-state index contributed by atoms with van der Waals surface area (Å²) >= 11 is 8.36. The smallest absolute Gasteiger partial charge is 0.161 e. The maximum atomic E-state index is 6.17. The number of benzene rings is 1. The van der Waals surface area contributed by atoms with Gasteiger partial charge in [0.15, 0.2) is 5.82 Å². The lowest BCUT2D eigenvalue weighted by molar-refractivity contribution is 0.415. The number of nitrogen functional groups attached to an aromatic ring is 1. The second kappa shape index (κ2) is 5.96. The number of nitrogens with two attached hydrogens (primary N) is 1. The van der Waals surface area contributed by atoms with Crippen LogP contribution in [0.1, 0.15) is 26.5 Å². The van der Waals surface area contributed by atoms with Gasteiger partial charge in [0.05, 0.1) is 21.4 Å². The zero-order chi connectivity index (χ0) is 15.8. The summed E-state index contributed by atoms with van der Waals surface area (Å²) in [7, 11) is 1.58. The summed E-state index contributed by atoms with van der Waals surface area (Å²) in [5.41, 5.74) is 7.66. The van der Waals surface area contributed by atoms with Crippen LogP contribution in [0.2, 0.25) is 5.02 Å². The molecular formula is C15H17ClIN3O. The van der Waals surface area contributed by atoms with Crippen LogP contribution >= 0.6 is 34.2 Å². The molecule has 0 unspecified atom stereocenters. The molecule has 0 spiro atoms. The molecular weight excluding hydrogens is 401 g/mol. The summed E-state index contributed by atoms with van der Waals surface area (Å²) in [6.45, 7) is 6.30. The van der Waals surface area contributed by atoms with E-state index in [1.54, 1.807) is 19.2 Å². The fraction of sp³-hybridized carbons (Fsp3) is 0.333. The molecule has 0 aliphatic rings. The summed E-state index contributed by atoms with van der Waals surface area (Å²) < 4.78 is 6.05. The van der Waals surface area contributed by atoms with Gasteiger partial charge in [0.1, 0.15) is 11.6 Å². The zero-order valence-electron chi connectivity index (χ0n) is 12.4. The Kier molecular flexibility index (Phi) is 4.63. The number of rotatable bonds is 2. The Bertz CT molecular complexity index is 683. The van der Waals surface area contributed by atoms with Crippen LogP contribution in [0.5, 0.6) is 5.75 Å². The number of ether oxygens (including phenoxy) is 1. The van der Waals surface area contributed by atoms with E-state index < -0.39 is 0 Å². The number of methoxy groups -OCH3 is 1. The molecule has 0 aliphatic carbocycles. The Morgan fingerprint density at radius 2 is 1.90 bits per heavy atom. The second-order valence-corrected chi connectivity index (χ2v) is 7.18. The number of aromatic nitrogens is 2. The lowest BCUT2D eigenvalue weighted by atomic mass is 9.92. The van der Waals surface area contributed by atoms with E-state index in [2.05, 4.69) is 53.3 Å². The molecule has 21 heavy (non-hydrogen) atoms. The first kappa shape index (κ1) is 16.3. The average Bonchev–Trinajstić information content (AvgIpc) is 2.40. The van der Waals surface area contributed by atoms with Gasteiger partial charge in [-0.2, -0.15) is 0 Å². The van der Waals surface area contributed by atoms with Crippen molar-refractivity contribution in [1.29, 1.82) is 0 Å². The molecule has 4 nitrogen and oxygen atoms in total. The molecule has 2 aromatic rings. The third-order valence-electron chi connectivity index (χ3n) is 3.00. The van der Waals surface area contributed by atoms with Gasteiger partial charge in [-0.25, -0.2) is 9.97 Å². The summed E-state index contributed by atoms with van der Waals surface area (Å²) in [6, 6.07) is 5.46. The minimum atomic E-state index is -0.113. The Hall–Kier alpha value is -1.08. The van der Waals surface area contributed by atoms with Crippen molar-refractivity contribution in [2.75, 3.05) is 12.8 Å². The maximum absolute atomic E-state index is 6.17. The molecule has 0 saturated heterocycles. The molecule has 0 atom stereocenters. The fourth-order valence-corrected chi connectivity index (χ4v) is 3.20. The molecule has 2 rings (SSSR count). The molecule has 0 fully saturated rings. The van der Waals surface area contributed by atoms with Gasteiger partial charge in [-0.15, -0.1) is 0 Å². The van der Waals surface area contributed by atoms with Crippen LogP contribution in [-0.4, -0.2) is 17.1 Å². The lowest BCUT2D eigenvalue weighted by Crippen LogP contribution is -2.18. The quantitative estimate of drug-likeness (QED) is 0.741. The normalized spacial score (nSPS) is 11.5. The SMILES string of the molecule is COc1ccc(-c2nc(N)c(I)c(C(C)(C)C)n2)cc1Cl. The highest BCUT2D eigenvalue weighted by Gasteiger charge is 2.22. The van der Waals surface area contributed by atoms with Crippen molar-refractivity contribution in [3.63, 3.8) is 0 Å². The van der Waals surface area contributed by atoms with Gasteiger partial charge in [-0.3, -0.25) is 0 Å². The standard InChI is InChI=1S/C15H17ClIN3O/c1-15(2,3)12-11(17)13(18)20-14(19-12)8-5-6-10(21-4)9(16)7-8/h5-7H,1-4H3,(H2,18,19,20). The first-order valence-corrected chi connectivity index (χ1v) is 7.87. The van der Waals surface area contributed by atoms with Crippen LogP contribution in [0.25, 0.3) is 11.4 Å². The molecule has 0 saturated carbocycles. The van der Waals surface area contributed by atoms with Gasteiger partial charge in [-0.05, 0) is 40.8 Å². The topological polar surface area (TPSA) is 61.0 Å². The third kappa shape index (κ3) is 3.40. The van der Waals surface area contributed by atoms with Crippen LogP contribution in [0.3, 0.4) is 0 Å². The van der Waals surface area contributed by atoms with Crippen molar-refractivity contribution in [1.82, 2.24) is 9.97 Å². The minimum Gasteiger partial charge on any atom is -0.495 e. The highest BCUT2D eigenvalue weighted by molar-refractivity contribution is 14.1. The molecule has 0 bridgehead atoms. The lowest BCUT2D eigenvalue weighted by Gasteiger charge is -2.21. The van der Waals surface area contributed by atoms with Gasteiger partial charge in [0.25, 0.3) is 0 Å². The molecule has 112 valence electrons.